The molecule has 0 saturated carbocycles. The van der Waals surface area contributed by atoms with E-state index in [0.717, 1.165) is 48.2 Å². The Labute approximate surface area is 251 Å². The highest BCUT2D eigenvalue weighted by Gasteiger charge is 2.16. The lowest BCUT2D eigenvalue weighted by atomic mass is 10.2. The van der Waals surface area contributed by atoms with Crippen molar-refractivity contribution in [2.75, 3.05) is 12.1 Å². The third-order valence-corrected chi connectivity index (χ3v) is 8.38. The number of hydrogen-bond acceptors (Lipinski definition) is 13. The number of nitrogens with zero attached hydrogens (tertiary/aromatic N) is 6. The zero-order valence-electron chi connectivity index (χ0n) is 22.1. The molecule has 1 N–H and O–H groups in total. The first kappa shape index (κ1) is 26.3. The van der Waals surface area contributed by atoms with Crippen molar-refractivity contribution in [2.45, 2.75) is 20.4 Å². The molecule has 11 nitrogen and oxygen atoms in total. The predicted molar refractivity (Wildman–Crippen MR) is 160 cm³/mol. The number of thiophene rings is 2. The van der Waals surface area contributed by atoms with Gasteiger partial charge in [0.05, 0.1) is 17.8 Å². The maximum atomic E-state index is 6.09. The number of hydrogen-bond donors (Lipinski definition) is 1. The Hall–Kier alpha value is -4.59. The topological polar surface area (TPSA) is 134 Å². The average Bonchev–Trinajstić information content (AvgIpc) is 3.81. The average molecular weight is 618 g/mol. The standard InChI is InChI=1S/C18H14N4O3S.C10H6ClN3OS/c1-10-6-12-16(19-8-11-2-3-13-15(7-11)24-9-23-13)21-17(22-18(12)26-10)14-4-5-20-25-14;1-5-4-6-8(11)13-9(14-10(6)16-5)7-2-3-12-15-7/h2-7H,8-9H2,1H3,(H,19,21,22);2-4H,1H3. The van der Waals surface area contributed by atoms with Crippen LogP contribution in [0.4, 0.5) is 5.82 Å². The highest BCUT2D eigenvalue weighted by Crippen LogP contribution is 2.34. The van der Waals surface area contributed by atoms with Gasteiger partial charge in [-0.1, -0.05) is 28.0 Å². The van der Waals surface area contributed by atoms with E-state index in [9.17, 15) is 0 Å². The summed E-state index contributed by atoms with van der Waals surface area (Å²) in [6.07, 6.45) is 3.14. The molecule has 14 heteroatoms. The lowest BCUT2D eigenvalue weighted by Gasteiger charge is -2.09. The quantitative estimate of drug-likeness (QED) is 0.195. The minimum absolute atomic E-state index is 0.271. The van der Waals surface area contributed by atoms with E-state index in [0.29, 0.717) is 34.9 Å². The summed E-state index contributed by atoms with van der Waals surface area (Å²) in [7, 11) is 0. The molecule has 0 amide bonds. The van der Waals surface area contributed by atoms with Gasteiger partial charge in [-0.15, -0.1) is 22.7 Å². The molecule has 7 heterocycles. The molecule has 0 radical (unpaired) electrons. The van der Waals surface area contributed by atoms with Crippen molar-refractivity contribution in [3.05, 3.63) is 75.3 Å². The Kier molecular flexibility index (Phi) is 6.90. The Morgan fingerprint density at radius 1 is 0.762 bits per heavy atom. The Balaban J connectivity index is 0.000000154. The second-order valence-corrected chi connectivity index (χ2v) is 12.0. The fourth-order valence-electron chi connectivity index (χ4n) is 4.30. The number of aryl methyl sites for hydroxylation is 2. The fourth-order valence-corrected chi connectivity index (χ4v) is 6.34. The van der Waals surface area contributed by atoms with E-state index < -0.39 is 0 Å². The summed E-state index contributed by atoms with van der Waals surface area (Å²) in [4.78, 5) is 21.9. The van der Waals surface area contributed by atoms with Gasteiger partial charge in [-0.3, -0.25) is 0 Å². The van der Waals surface area contributed by atoms with Gasteiger partial charge < -0.3 is 23.8 Å². The van der Waals surface area contributed by atoms with Gasteiger partial charge in [-0.05, 0) is 43.7 Å². The molecule has 1 aliphatic heterocycles. The lowest BCUT2D eigenvalue weighted by molar-refractivity contribution is 0.174. The molecule has 0 unspecified atom stereocenters. The monoisotopic (exact) mass is 617 g/mol. The predicted octanol–water partition coefficient (Wildman–Crippen LogP) is 7.30. The second-order valence-electron chi connectivity index (χ2n) is 9.18. The summed E-state index contributed by atoms with van der Waals surface area (Å²) in [6.45, 7) is 4.94. The van der Waals surface area contributed by atoms with Gasteiger partial charge in [-0.2, -0.15) is 0 Å². The highest BCUT2D eigenvalue weighted by molar-refractivity contribution is 7.19. The van der Waals surface area contributed by atoms with Crippen LogP contribution < -0.4 is 14.8 Å². The molecule has 1 aromatic carbocycles. The molecule has 0 bridgehead atoms. The maximum absolute atomic E-state index is 6.09. The number of benzene rings is 1. The van der Waals surface area contributed by atoms with E-state index in [1.165, 1.54) is 4.88 Å². The first-order chi connectivity index (χ1) is 20.5. The van der Waals surface area contributed by atoms with E-state index in [-0.39, 0.29) is 6.79 Å². The van der Waals surface area contributed by atoms with E-state index >= 15 is 0 Å². The Morgan fingerprint density at radius 2 is 1.40 bits per heavy atom. The molecule has 0 fully saturated rings. The number of nitrogens with one attached hydrogen (secondary N) is 1. The third-order valence-electron chi connectivity index (χ3n) is 6.20. The summed E-state index contributed by atoms with van der Waals surface area (Å²) < 4.78 is 21.0. The van der Waals surface area contributed by atoms with Crippen molar-refractivity contribution in [3.63, 3.8) is 0 Å². The van der Waals surface area contributed by atoms with Crippen LogP contribution in [0.5, 0.6) is 11.5 Å². The van der Waals surface area contributed by atoms with E-state index in [4.69, 9.17) is 30.1 Å². The van der Waals surface area contributed by atoms with Crippen LogP contribution in [0.25, 0.3) is 43.6 Å². The van der Waals surface area contributed by atoms with Crippen molar-refractivity contribution < 1.29 is 18.5 Å². The summed E-state index contributed by atoms with van der Waals surface area (Å²) in [6, 6.07) is 13.4. The van der Waals surface area contributed by atoms with Gasteiger partial charge in [0, 0.05) is 33.8 Å². The second kappa shape index (κ2) is 11.0. The smallest absolute Gasteiger partial charge is 0.231 e. The molecule has 0 spiro atoms. The normalized spacial score (nSPS) is 12.1. The third kappa shape index (κ3) is 5.24. The van der Waals surface area contributed by atoms with Crippen molar-refractivity contribution >= 4 is 60.5 Å². The maximum Gasteiger partial charge on any atom is 0.231 e. The summed E-state index contributed by atoms with van der Waals surface area (Å²) >= 11 is 9.29. The van der Waals surface area contributed by atoms with Crippen LogP contribution >= 0.6 is 34.3 Å². The number of rotatable bonds is 5. The van der Waals surface area contributed by atoms with Crippen molar-refractivity contribution in [3.8, 4) is 34.7 Å². The zero-order valence-corrected chi connectivity index (χ0v) is 24.5. The molecule has 0 atom stereocenters. The van der Waals surface area contributed by atoms with Crippen molar-refractivity contribution in [1.82, 2.24) is 30.2 Å². The molecule has 42 heavy (non-hydrogen) atoms. The van der Waals surface area contributed by atoms with Crippen molar-refractivity contribution in [1.29, 1.82) is 0 Å². The number of ether oxygens (including phenoxy) is 2. The molecule has 7 aromatic rings. The Morgan fingerprint density at radius 3 is 2.10 bits per heavy atom. The molecule has 0 aliphatic carbocycles. The SMILES string of the molecule is Cc1cc2c(Cl)nc(-c3ccno3)nc2s1.Cc1cc2c(NCc3ccc4c(c3)OCO4)nc(-c3ccno3)nc2s1. The van der Waals surface area contributed by atoms with E-state index in [2.05, 4.69) is 48.6 Å². The fraction of sp³-hybridized carbons (Fsp3) is 0.143. The van der Waals surface area contributed by atoms with Crippen LogP contribution in [0.3, 0.4) is 0 Å². The summed E-state index contributed by atoms with van der Waals surface area (Å²) in [5.74, 6) is 4.37. The molecular formula is C28H20ClN7O4S2. The van der Waals surface area contributed by atoms with Crippen LogP contribution in [-0.4, -0.2) is 37.0 Å². The minimum atomic E-state index is 0.271. The highest BCUT2D eigenvalue weighted by atomic mass is 35.5. The number of aromatic nitrogens is 6. The molecule has 8 rings (SSSR count). The lowest BCUT2D eigenvalue weighted by Crippen LogP contribution is -2.03. The van der Waals surface area contributed by atoms with Gasteiger partial charge in [0.1, 0.15) is 20.6 Å². The zero-order chi connectivity index (χ0) is 28.6. The van der Waals surface area contributed by atoms with Crippen LogP contribution in [0.1, 0.15) is 15.3 Å². The van der Waals surface area contributed by atoms with Gasteiger partial charge in [-0.25, -0.2) is 19.9 Å². The van der Waals surface area contributed by atoms with Gasteiger partial charge in [0.25, 0.3) is 0 Å². The van der Waals surface area contributed by atoms with Crippen molar-refractivity contribution in [2.24, 2.45) is 0 Å². The summed E-state index contributed by atoms with van der Waals surface area (Å²) in [5, 5.41) is 13.1. The van der Waals surface area contributed by atoms with Gasteiger partial charge >= 0.3 is 0 Å². The molecule has 210 valence electrons. The van der Waals surface area contributed by atoms with Gasteiger partial charge in [0.15, 0.2) is 11.5 Å². The van der Waals surface area contributed by atoms with Crippen LogP contribution in [0.2, 0.25) is 5.15 Å². The number of anilines is 1. The van der Waals surface area contributed by atoms with Gasteiger partial charge in [0.2, 0.25) is 30.0 Å². The molecule has 1 aliphatic rings. The first-order valence-corrected chi connectivity index (χ1v) is 14.7. The largest absolute Gasteiger partial charge is 0.454 e. The van der Waals surface area contributed by atoms with Crippen LogP contribution in [-0.2, 0) is 6.54 Å². The molecule has 0 saturated heterocycles. The number of fused-ring (bicyclic) bond motifs is 3. The molecule has 6 aromatic heterocycles. The molecular weight excluding hydrogens is 598 g/mol. The Bertz CT molecular complexity index is 2020. The van der Waals surface area contributed by atoms with Crippen LogP contribution in [0.15, 0.2) is 63.9 Å². The van der Waals surface area contributed by atoms with E-state index in [1.54, 1.807) is 47.2 Å². The van der Waals surface area contributed by atoms with E-state index in [1.807, 2.05) is 31.2 Å². The number of halogens is 1. The minimum Gasteiger partial charge on any atom is -0.454 e. The first-order valence-electron chi connectivity index (χ1n) is 12.7. The summed E-state index contributed by atoms with van der Waals surface area (Å²) in [5.41, 5.74) is 1.08. The van der Waals surface area contributed by atoms with Crippen LogP contribution in [0, 0.1) is 13.8 Å².